The van der Waals surface area contributed by atoms with Gasteiger partial charge >= 0.3 is 0 Å². The highest BCUT2D eigenvalue weighted by atomic mass is 32.1. The van der Waals surface area contributed by atoms with Crippen molar-refractivity contribution >= 4 is 38.8 Å². The summed E-state index contributed by atoms with van der Waals surface area (Å²) in [5.74, 6) is -0.104. The van der Waals surface area contributed by atoms with Crippen LogP contribution in [-0.2, 0) is 0 Å². The number of aryl methyl sites for hydroxylation is 1. The lowest BCUT2D eigenvalue weighted by atomic mass is 10.1. The van der Waals surface area contributed by atoms with Crippen LogP contribution >= 0.6 is 11.3 Å². The Morgan fingerprint density at radius 2 is 1.68 bits per heavy atom. The highest BCUT2D eigenvalue weighted by Gasteiger charge is 2.15. The molecule has 0 spiro atoms. The van der Waals surface area contributed by atoms with E-state index in [1.54, 1.807) is 24.3 Å². The lowest BCUT2D eigenvalue weighted by Crippen LogP contribution is -2.11. The first kappa shape index (κ1) is 14.5. The number of thiophene rings is 1. The molecule has 0 fully saturated rings. The normalized spacial score (nSPS) is 10.6. The molecule has 3 nitrogen and oxygen atoms in total. The van der Waals surface area contributed by atoms with Gasteiger partial charge in [0.05, 0.1) is 4.88 Å². The van der Waals surface area contributed by atoms with E-state index in [4.69, 9.17) is 0 Å². The number of carbonyl (C=O) groups is 2. The van der Waals surface area contributed by atoms with E-state index in [1.807, 2.05) is 31.2 Å². The number of fused-ring (bicyclic) bond motifs is 1. The van der Waals surface area contributed by atoms with Crippen molar-refractivity contribution in [2.24, 2.45) is 0 Å². The van der Waals surface area contributed by atoms with Crippen molar-refractivity contribution in [2.75, 3.05) is 5.32 Å². The minimum atomic E-state index is -0.116. The fourth-order valence-corrected chi connectivity index (χ4v) is 3.47. The third-order valence-corrected chi connectivity index (χ3v) is 4.87. The van der Waals surface area contributed by atoms with E-state index in [9.17, 15) is 9.59 Å². The molecule has 3 rings (SSSR count). The summed E-state index contributed by atoms with van der Waals surface area (Å²) < 4.78 is 1.11. The predicted molar refractivity (Wildman–Crippen MR) is 91.0 cm³/mol. The number of benzene rings is 2. The Bertz CT molecular complexity index is 862. The molecule has 0 aliphatic carbocycles. The van der Waals surface area contributed by atoms with Crippen LogP contribution in [0.5, 0.6) is 0 Å². The third kappa shape index (κ3) is 2.65. The number of Topliss-reactive ketones (excluding diaryl/α,β-unsaturated/α-hetero) is 1. The van der Waals surface area contributed by atoms with Gasteiger partial charge in [-0.3, -0.25) is 9.59 Å². The summed E-state index contributed by atoms with van der Waals surface area (Å²) in [6, 6.07) is 14.9. The number of ketones is 1. The molecule has 4 heteroatoms. The van der Waals surface area contributed by atoms with Gasteiger partial charge in [0.1, 0.15) is 0 Å². The summed E-state index contributed by atoms with van der Waals surface area (Å²) >= 11 is 1.49. The first-order valence-corrected chi connectivity index (χ1v) is 7.78. The largest absolute Gasteiger partial charge is 0.321 e. The minimum Gasteiger partial charge on any atom is -0.321 e. The van der Waals surface area contributed by atoms with E-state index < -0.39 is 0 Å². The molecule has 110 valence electrons. The maximum absolute atomic E-state index is 12.5. The molecule has 22 heavy (non-hydrogen) atoms. The SMILES string of the molecule is CC(=O)c1ccc(NC(=O)c2sc3ccccc3c2C)cc1. The molecule has 0 aliphatic rings. The fraction of sp³-hybridized carbons (Fsp3) is 0.111. The number of nitrogens with one attached hydrogen (secondary N) is 1. The maximum Gasteiger partial charge on any atom is 0.266 e. The molecule has 3 aromatic rings. The van der Waals surface area contributed by atoms with Gasteiger partial charge in [-0.25, -0.2) is 0 Å². The second kappa shape index (κ2) is 5.73. The fourth-order valence-electron chi connectivity index (χ4n) is 2.37. The molecule has 1 aromatic heterocycles. The average molecular weight is 309 g/mol. The van der Waals surface area contributed by atoms with E-state index >= 15 is 0 Å². The lowest BCUT2D eigenvalue weighted by Gasteiger charge is -2.05. The van der Waals surface area contributed by atoms with E-state index in [2.05, 4.69) is 5.32 Å². The van der Waals surface area contributed by atoms with E-state index in [-0.39, 0.29) is 11.7 Å². The first-order valence-electron chi connectivity index (χ1n) is 6.97. The Labute approximate surface area is 132 Å². The second-order valence-electron chi connectivity index (χ2n) is 5.14. The average Bonchev–Trinajstić information content (AvgIpc) is 2.85. The van der Waals surface area contributed by atoms with Gasteiger partial charge in [-0.15, -0.1) is 11.3 Å². The molecule has 1 amide bonds. The quantitative estimate of drug-likeness (QED) is 0.715. The Morgan fingerprint density at radius 1 is 1.00 bits per heavy atom. The van der Waals surface area contributed by atoms with E-state index in [1.165, 1.54) is 18.3 Å². The Morgan fingerprint density at radius 3 is 2.32 bits per heavy atom. The van der Waals surface area contributed by atoms with Crippen LogP contribution in [0.25, 0.3) is 10.1 Å². The van der Waals surface area contributed by atoms with Crippen molar-refractivity contribution < 1.29 is 9.59 Å². The smallest absolute Gasteiger partial charge is 0.266 e. The monoisotopic (exact) mass is 309 g/mol. The molecular weight excluding hydrogens is 294 g/mol. The molecule has 0 radical (unpaired) electrons. The van der Waals surface area contributed by atoms with Crippen LogP contribution < -0.4 is 5.32 Å². The Hall–Kier alpha value is -2.46. The summed E-state index contributed by atoms with van der Waals surface area (Å²) in [6.45, 7) is 3.49. The van der Waals surface area contributed by atoms with Crippen LogP contribution in [0.15, 0.2) is 48.5 Å². The van der Waals surface area contributed by atoms with Crippen LogP contribution in [0.4, 0.5) is 5.69 Å². The van der Waals surface area contributed by atoms with Gasteiger partial charge in [-0.1, -0.05) is 18.2 Å². The molecule has 0 atom stereocenters. The van der Waals surface area contributed by atoms with Crippen LogP contribution in [0.2, 0.25) is 0 Å². The van der Waals surface area contributed by atoms with Crippen molar-refractivity contribution in [2.45, 2.75) is 13.8 Å². The van der Waals surface area contributed by atoms with Gasteiger partial charge < -0.3 is 5.32 Å². The van der Waals surface area contributed by atoms with Crippen molar-refractivity contribution in [3.63, 3.8) is 0 Å². The standard InChI is InChI=1S/C18H15NO2S/c1-11-15-5-3-4-6-16(15)22-17(11)18(21)19-14-9-7-13(8-10-14)12(2)20/h3-10H,1-2H3,(H,19,21). The number of anilines is 1. The van der Waals surface area contributed by atoms with E-state index in [0.717, 1.165) is 20.5 Å². The number of carbonyl (C=O) groups excluding carboxylic acids is 2. The first-order chi connectivity index (χ1) is 10.6. The summed E-state index contributed by atoms with van der Waals surface area (Å²) in [5, 5.41) is 4.00. The predicted octanol–water partition coefficient (Wildman–Crippen LogP) is 4.66. The van der Waals surface area contributed by atoms with Crippen molar-refractivity contribution in [1.82, 2.24) is 0 Å². The topological polar surface area (TPSA) is 46.2 Å². The summed E-state index contributed by atoms with van der Waals surface area (Å²) in [4.78, 5) is 24.4. The molecule has 0 saturated heterocycles. The van der Waals surface area contributed by atoms with Gasteiger partial charge in [-0.05, 0) is 55.1 Å². The molecule has 0 aliphatic heterocycles. The zero-order valence-corrected chi connectivity index (χ0v) is 13.2. The summed E-state index contributed by atoms with van der Waals surface area (Å²) in [5.41, 5.74) is 2.32. The molecule has 1 N–H and O–H groups in total. The van der Waals surface area contributed by atoms with Gasteiger partial charge in [0, 0.05) is 16.0 Å². The zero-order valence-electron chi connectivity index (χ0n) is 12.3. The molecule has 0 unspecified atom stereocenters. The van der Waals surface area contributed by atoms with Crippen molar-refractivity contribution in [3.8, 4) is 0 Å². The molecule has 0 bridgehead atoms. The molecule has 0 saturated carbocycles. The van der Waals surface area contributed by atoms with Gasteiger partial charge in [0.15, 0.2) is 5.78 Å². The van der Waals surface area contributed by atoms with Crippen LogP contribution in [-0.4, -0.2) is 11.7 Å². The second-order valence-corrected chi connectivity index (χ2v) is 6.19. The number of amides is 1. The number of rotatable bonds is 3. The summed E-state index contributed by atoms with van der Waals surface area (Å²) in [6.07, 6.45) is 0. The number of hydrogen-bond acceptors (Lipinski definition) is 3. The minimum absolute atomic E-state index is 0.0122. The zero-order chi connectivity index (χ0) is 15.7. The highest BCUT2D eigenvalue weighted by molar-refractivity contribution is 7.21. The maximum atomic E-state index is 12.5. The number of hydrogen-bond donors (Lipinski definition) is 1. The van der Waals surface area contributed by atoms with Crippen LogP contribution in [0, 0.1) is 6.92 Å². The van der Waals surface area contributed by atoms with Gasteiger partial charge in [-0.2, -0.15) is 0 Å². The van der Waals surface area contributed by atoms with Crippen molar-refractivity contribution in [3.05, 3.63) is 64.5 Å². The van der Waals surface area contributed by atoms with Gasteiger partial charge in [0.25, 0.3) is 5.91 Å². The lowest BCUT2D eigenvalue weighted by molar-refractivity contribution is 0.101. The Balaban J connectivity index is 1.87. The van der Waals surface area contributed by atoms with Crippen LogP contribution in [0.1, 0.15) is 32.5 Å². The van der Waals surface area contributed by atoms with E-state index in [0.29, 0.717) is 11.3 Å². The third-order valence-electron chi connectivity index (χ3n) is 3.60. The molecule has 2 aromatic carbocycles. The molecular formula is C18H15NO2S. The van der Waals surface area contributed by atoms with Crippen molar-refractivity contribution in [1.29, 1.82) is 0 Å². The Kier molecular flexibility index (Phi) is 3.77. The summed E-state index contributed by atoms with van der Waals surface area (Å²) in [7, 11) is 0. The molecule has 1 heterocycles. The van der Waals surface area contributed by atoms with Gasteiger partial charge in [0.2, 0.25) is 0 Å². The van der Waals surface area contributed by atoms with Crippen LogP contribution in [0.3, 0.4) is 0 Å². The highest BCUT2D eigenvalue weighted by Crippen LogP contribution is 2.31.